The van der Waals surface area contributed by atoms with E-state index >= 15 is 0 Å². The van der Waals surface area contributed by atoms with E-state index in [0.717, 1.165) is 27.0 Å². The molecule has 2 aromatic carbocycles. The van der Waals surface area contributed by atoms with Crippen molar-refractivity contribution in [2.24, 2.45) is 0 Å². The van der Waals surface area contributed by atoms with Crippen LogP contribution in [0.25, 0.3) is 16.9 Å². The highest BCUT2D eigenvalue weighted by Crippen LogP contribution is 2.25. The zero-order valence-corrected chi connectivity index (χ0v) is 13.6. The lowest BCUT2D eigenvalue weighted by Crippen LogP contribution is -2.03. The lowest BCUT2D eigenvalue weighted by Gasteiger charge is -2.08. The molecule has 4 heteroatoms. The summed E-state index contributed by atoms with van der Waals surface area (Å²) < 4.78 is 2.85. The fraction of sp³-hybridized carbons (Fsp3) is 0.118. The van der Waals surface area contributed by atoms with Crippen LogP contribution in [-0.4, -0.2) is 9.78 Å². The van der Waals surface area contributed by atoms with Gasteiger partial charge in [0.1, 0.15) is 5.82 Å². The van der Waals surface area contributed by atoms with Crippen molar-refractivity contribution in [3.05, 3.63) is 64.1 Å². The van der Waals surface area contributed by atoms with Gasteiger partial charge in [-0.15, -0.1) is 0 Å². The Labute approximate surface area is 132 Å². The molecular weight excluding hydrogens is 326 g/mol. The monoisotopic (exact) mass is 341 g/mol. The molecule has 0 amide bonds. The summed E-state index contributed by atoms with van der Waals surface area (Å²) in [6, 6.07) is 16.2. The molecule has 0 unspecified atom stereocenters. The Morgan fingerprint density at radius 1 is 1.00 bits per heavy atom. The average molecular weight is 342 g/mol. The van der Waals surface area contributed by atoms with Gasteiger partial charge in [0.15, 0.2) is 0 Å². The molecule has 0 aliphatic carbocycles. The Hall–Kier alpha value is -2.07. The largest absolute Gasteiger partial charge is 0.384 e. The molecule has 0 aliphatic heterocycles. The highest BCUT2D eigenvalue weighted by atomic mass is 79.9. The number of hydrogen-bond acceptors (Lipinski definition) is 2. The second-order valence-electron chi connectivity index (χ2n) is 5.16. The van der Waals surface area contributed by atoms with E-state index in [4.69, 9.17) is 5.73 Å². The first kappa shape index (κ1) is 13.9. The van der Waals surface area contributed by atoms with Crippen molar-refractivity contribution >= 4 is 21.7 Å². The van der Waals surface area contributed by atoms with Gasteiger partial charge in [-0.2, -0.15) is 5.10 Å². The number of halogens is 1. The van der Waals surface area contributed by atoms with Gasteiger partial charge in [-0.3, -0.25) is 0 Å². The van der Waals surface area contributed by atoms with E-state index in [0.29, 0.717) is 5.82 Å². The zero-order chi connectivity index (χ0) is 15.0. The molecule has 106 valence electrons. The third-order valence-electron chi connectivity index (χ3n) is 3.46. The minimum atomic E-state index is 0.639. The number of rotatable bonds is 2. The number of nitrogens with two attached hydrogens (primary N) is 1. The summed E-state index contributed by atoms with van der Waals surface area (Å²) in [4.78, 5) is 0. The first-order valence-electron chi connectivity index (χ1n) is 6.74. The Morgan fingerprint density at radius 3 is 2.38 bits per heavy atom. The molecule has 3 nitrogen and oxygen atoms in total. The van der Waals surface area contributed by atoms with Gasteiger partial charge in [0.2, 0.25) is 0 Å². The number of nitrogen functional groups attached to an aromatic ring is 1. The Balaban J connectivity index is 2.07. The molecular formula is C17H16BrN3. The molecule has 3 aromatic rings. The number of anilines is 1. The minimum Gasteiger partial charge on any atom is -0.384 e. The zero-order valence-electron chi connectivity index (χ0n) is 12.0. The normalized spacial score (nSPS) is 10.8. The van der Waals surface area contributed by atoms with E-state index < -0.39 is 0 Å². The summed E-state index contributed by atoms with van der Waals surface area (Å²) in [5.74, 6) is 0.639. The molecule has 0 fully saturated rings. The van der Waals surface area contributed by atoms with Crippen LogP contribution in [0.1, 0.15) is 11.1 Å². The van der Waals surface area contributed by atoms with E-state index in [1.807, 2.05) is 30.3 Å². The van der Waals surface area contributed by atoms with Gasteiger partial charge < -0.3 is 5.73 Å². The highest BCUT2D eigenvalue weighted by Gasteiger charge is 2.10. The van der Waals surface area contributed by atoms with Crippen molar-refractivity contribution in [2.75, 3.05) is 5.73 Å². The second-order valence-corrected chi connectivity index (χ2v) is 6.08. The van der Waals surface area contributed by atoms with E-state index in [2.05, 4.69) is 53.1 Å². The third-order valence-corrected chi connectivity index (χ3v) is 3.99. The molecule has 0 bridgehead atoms. The first-order valence-corrected chi connectivity index (χ1v) is 7.53. The quantitative estimate of drug-likeness (QED) is 0.745. The molecule has 0 spiro atoms. The number of aryl methyl sites for hydroxylation is 2. The van der Waals surface area contributed by atoms with Crippen molar-refractivity contribution < 1.29 is 0 Å². The highest BCUT2D eigenvalue weighted by molar-refractivity contribution is 9.10. The molecule has 2 N–H and O–H groups in total. The third kappa shape index (κ3) is 2.72. The van der Waals surface area contributed by atoms with E-state index in [1.54, 1.807) is 4.68 Å². The van der Waals surface area contributed by atoms with Crippen LogP contribution in [-0.2, 0) is 0 Å². The van der Waals surface area contributed by atoms with Crippen molar-refractivity contribution in [1.82, 2.24) is 9.78 Å². The SMILES string of the molecule is Cc1ccc(-n2nc(-c3ccc(Br)cc3)cc2N)c(C)c1. The molecule has 0 aliphatic rings. The summed E-state index contributed by atoms with van der Waals surface area (Å²) in [5.41, 5.74) is 11.5. The van der Waals surface area contributed by atoms with Crippen LogP contribution in [0, 0.1) is 13.8 Å². The summed E-state index contributed by atoms with van der Waals surface area (Å²) in [5, 5.41) is 4.65. The molecule has 3 rings (SSSR count). The van der Waals surface area contributed by atoms with E-state index in [1.165, 1.54) is 5.56 Å². The lowest BCUT2D eigenvalue weighted by molar-refractivity contribution is 0.886. The maximum Gasteiger partial charge on any atom is 0.127 e. The number of benzene rings is 2. The van der Waals surface area contributed by atoms with Gasteiger partial charge in [-0.25, -0.2) is 4.68 Å². The predicted octanol–water partition coefficient (Wildman–Crippen LogP) is 4.50. The van der Waals surface area contributed by atoms with Crippen LogP contribution < -0.4 is 5.73 Å². The van der Waals surface area contributed by atoms with Crippen molar-refractivity contribution in [1.29, 1.82) is 0 Å². The fourth-order valence-corrected chi connectivity index (χ4v) is 2.66. The first-order chi connectivity index (χ1) is 10.0. The Kier molecular flexibility index (Phi) is 3.55. The molecule has 0 radical (unpaired) electrons. The van der Waals surface area contributed by atoms with E-state index in [9.17, 15) is 0 Å². The molecule has 1 heterocycles. The van der Waals surface area contributed by atoms with Crippen LogP contribution in [0.15, 0.2) is 53.0 Å². The van der Waals surface area contributed by atoms with Crippen LogP contribution in [0.5, 0.6) is 0 Å². The van der Waals surface area contributed by atoms with Gasteiger partial charge in [0, 0.05) is 16.1 Å². The summed E-state index contributed by atoms with van der Waals surface area (Å²) in [6.07, 6.45) is 0. The van der Waals surface area contributed by atoms with Gasteiger partial charge in [-0.05, 0) is 37.6 Å². The average Bonchev–Trinajstić information content (AvgIpc) is 2.81. The predicted molar refractivity (Wildman–Crippen MR) is 90.6 cm³/mol. The number of nitrogens with zero attached hydrogens (tertiary/aromatic N) is 2. The maximum atomic E-state index is 6.14. The minimum absolute atomic E-state index is 0.639. The lowest BCUT2D eigenvalue weighted by atomic mass is 10.1. The summed E-state index contributed by atoms with van der Waals surface area (Å²) >= 11 is 3.44. The molecule has 0 atom stereocenters. The maximum absolute atomic E-state index is 6.14. The van der Waals surface area contributed by atoms with Crippen molar-refractivity contribution in [3.63, 3.8) is 0 Å². The number of aromatic nitrogens is 2. The summed E-state index contributed by atoms with van der Waals surface area (Å²) in [6.45, 7) is 4.15. The van der Waals surface area contributed by atoms with Gasteiger partial charge in [0.25, 0.3) is 0 Å². The standard InChI is InChI=1S/C17H16BrN3/c1-11-3-8-16(12(2)9-11)21-17(19)10-15(20-21)13-4-6-14(18)7-5-13/h3-10H,19H2,1-2H3. The molecule has 21 heavy (non-hydrogen) atoms. The van der Waals surface area contributed by atoms with Crippen LogP contribution in [0.2, 0.25) is 0 Å². The van der Waals surface area contributed by atoms with E-state index in [-0.39, 0.29) is 0 Å². The fourth-order valence-electron chi connectivity index (χ4n) is 2.39. The summed E-state index contributed by atoms with van der Waals surface area (Å²) in [7, 11) is 0. The van der Waals surface area contributed by atoms with Crippen LogP contribution in [0.4, 0.5) is 5.82 Å². The topological polar surface area (TPSA) is 43.8 Å². The Morgan fingerprint density at radius 2 is 1.71 bits per heavy atom. The van der Waals surface area contributed by atoms with Crippen molar-refractivity contribution in [2.45, 2.75) is 13.8 Å². The van der Waals surface area contributed by atoms with Crippen molar-refractivity contribution in [3.8, 4) is 16.9 Å². The number of hydrogen-bond donors (Lipinski definition) is 1. The van der Waals surface area contributed by atoms with Crippen LogP contribution >= 0.6 is 15.9 Å². The smallest absolute Gasteiger partial charge is 0.127 e. The molecule has 0 saturated heterocycles. The Bertz CT molecular complexity index is 788. The second kappa shape index (κ2) is 5.37. The molecule has 0 saturated carbocycles. The van der Waals surface area contributed by atoms with Gasteiger partial charge in [0.05, 0.1) is 11.4 Å². The van der Waals surface area contributed by atoms with Gasteiger partial charge >= 0.3 is 0 Å². The van der Waals surface area contributed by atoms with Gasteiger partial charge in [-0.1, -0.05) is 45.8 Å². The van der Waals surface area contributed by atoms with Crippen LogP contribution in [0.3, 0.4) is 0 Å². The molecule has 1 aromatic heterocycles.